The van der Waals surface area contributed by atoms with Crippen LogP contribution in [0.1, 0.15) is 18.7 Å². The van der Waals surface area contributed by atoms with Crippen molar-refractivity contribution in [2.45, 2.75) is 19.1 Å². The molecule has 4 nitrogen and oxygen atoms in total. The lowest BCUT2D eigenvalue weighted by Gasteiger charge is -2.11. The monoisotopic (exact) mass is 206 g/mol. The Hall–Kier alpha value is -1.52. The highest BCUT2D eigenvalue weighted by Gasteiger charge is 2.14. The first-order valence-corrected chi connectivity index (χ1v) is 4.83. The molecule has 2 atom stereocenters. The van der Waals surface area contributed by atoms with Crippen LogP contribution in [0, 0.1) is 0 Å². The molecule has 80 valence electrons. The molecule has 2 rings (SSSR count). The number of aromatic amines is 1. The summed E-state index contributed by atoms with van der Waals surface area (Å²) in [6.07, 6.45) is -0.709. The molecule has 0 radical (unpaired) electrons. The van der Waals surface area contributed by atoms with Crippen LogP contribution in [0.15, 0.2) is 24.3 Å². The fourth-order valence-electron chi connectivity index (χ4n) is 1.58. The van der Waals surface area contributed by atoms with Gasteiger partial charge in [-0.15, -0.1) is 0 Å². The summed E-state index contributed by atoms with van der Waals surface area (Å²) in [5.74, 6) is 0.200. The van der Waals surface area contributed by atoms with Crippen molar-refractivity contribution in [1.29, 1.82) is 0 Å². The number of fused-ring (bicyclic) bond motifs is 1. The molecule has 0 spiro atoms. The summed E-state index contributed by atoms with van der Waals surface area (Å²) < 4.78 is 0. The van der Waals surface area contributed by atoms with Gasteiger partial charge in [0.2, 0.25) is 0 Å². The standard InChI is InChI=1S/C11H14N2O2/c1-6(12)11(15)10-4-7-2-3-8(14)5-9(7)13-10/h2-6,11,13-15H,12H2,1H3. The maximum atomic E-state index is 9.75. The summed E-state index contributed by atoms with van der Waals surface area (Å²) in [5.41, 5.74) is 7.07. The number of phenols is 1. The quantitative estimate of drug-likeness (QED) is 0.597. The minimum Gasteiger partial charge on any atom is -0.508 e. The van der Waals surface area contributed by atoms with Crippen LogP contribution in [0.3, 0.4) is 0 Å². The van der Waals surface area contributed by atoms with E-state index in [2.05, 4.69) is 4.98 Å². The summed E-state index contributed by atoms with van der Waals surface area (Å²) in [6, 6.07) is 6.53. The number of benzene rings is 1. The van der Waals surface area contributed by atoms with Gasteiger partial charge in [0.1, 0.15) is 11.9 Å². The van der Waals surface area contributed by atoms with Crippen LogP contribution in [0.4, 0.5) is 0 Å². The van der Waals surface area contributed by atoms with Gasteiger partial charge in [-0.2, -0.15) is 0 Å². The van der Waals surface area contributed by atoms with Crippen molar-refractivity contribution in [2.24, 2.45) is 5.73 Å². The molecule has 4 heteroatoms. The zero-order chi connectivity index (χ0) is 11.0. The predicted molar refractivity (Wildman–Crippen MR) is 58.6 cm³/mol. The summed E-state index contributed by atoms with van der Waals surface area (Å²) in [5, 5.41) is 20.0. The van der Waals surface area contributed by atoms with Crippen LogP contribution >= 0.6 is 0 Å². The van der Waals surface area contributed by atoms with Crippen molar-refractivity contribution >= 4 is 10.9 Å². The molecule has 0 saturated carbocycles. The number of phenolic OH excluding ortho intramolecular Hbond substituents is 1. The normalized spacial score (nSPS) is 15.4. The van der Waals surface area contributed by atoms with Gasteiger partial charge in [0.05, 0.1) is 0 Å². The van der Waals surface area contributed by atoms with E-state index in [4.69, 9.17) is 5.73 Å². The fraction of sp³-hybridized carbons (Fsp3) is 0.273. The maximum Gasteiger partial charge on any atom is 0.117 e. The first-order chi connectivity index (χ1) is 7.08. The van der Waals surface area contributed by atoms with Crippen LogP contribution in [0.25, 0.3) is 10.9 Å². The molecule has 2 unspecified atom stereocenters. The molecule has 1 aromatic carbocycles. The first-order valence-electron chi connectivity index (χ1n) is 4.83. The molecule has 0 aliphatic carbocycles. The molecule has 2 aromatic rings. The van der Waals surface area contributed by atoms with Gasteiger partial charge >= 0.3 is 0 Å². The average Bonchev–Trinajstić information content (AvgIpc) is 2.58. The second-order valence-electron chi connectivity index (χ2n) is 3.80. The number of nitrogens with two attached hydrogens (primary N) is 1. The number of rotatable bonds is 2. The summed E-state index contributed by atoms with van der Waals surface area (Å²) in [6.45, 7) is 1.74. The highest BCUT2D eigenvalue weighted by molar-refractivity contribution is 5.81. The Bertz CT molecular complexity index is 476. The van der Waals surface area contributed by atoms with Crippen LogP contribution in [-0.4, -0.2) is 21.2 Å². The number of hydrogen-bond donors (Lipinski definition) is 4. The van der Waals surface area contributed by atoms with Crippen LogP contribution in [-0.2, 0) is 0 Å². The second-order valence-corrected chi connectivity index (χ2v) is 3.80. The van der Waals surface area contributed by atoms with E-state index in [1.54, 1.807) is 25.1 Å². The molecule has 1 aromatic heterocycles. The van der Waals surface area contributed by atoms with Gasteiger partial charge in [0.15, 0.2) is 0 Å². The van der Waals surface area contributed by atoms with Gasteiger partial charge in [0.25, 0.3) is 0 Å². The molecule has 1 heterocycles. The smallest absolute Gasteiger partial charge is 0.117 e. The van der Waals surface area contributed by atoms with Crippen molar-refractivity contribution in [3.63, 3.8) is 0 Å². The molecule has 0 amide bonds. The Balaban J connectivity index is 2.47. The Morgan fingerprint density at radius 1 is 1.33 bits per heavy atom. The van der Waals surface area contributed by atoms with Gasteiger partial charge in [-0.1, -0.05) is 0 Å². The lowest BCUT2D eigenvalue weighted by atomic mass is 10.1. The van der Waals surface area contributed by atoms with E-state index in [-0.39, 0.29) is 11.8 Å². The molecule has 0 aliphatic rings. The largest absolute Gasteiger partial charge is 0.508 e. The summed E-state index contributed by atoms with van der Waals surface area (Å²) >= 11 is 0. The Morgan fingerprint density at radius 2 is 2.07 bits per heavy atom. The van der Waals surface area contributed by atoms with E-state index in [1.807, 2.05) is 6.07 Å². The zero-order valence-electron chi connectivity index (χ0n) is 8.44. The lowest BCUT2D eigenvalue weighted by molar-refractivity contribution is 0.149. The van der Waals surface area contributed by atoms with E-state index in [9.17, 15) is 10.2 Å². The highest BCUT2D eigenvalue weighted by Crippen LogP contribution is 2.24. The maximum absolute atomic E-state index is 9.75. The summed E-state index contributed by atoms with van der Waals surface area (Å²) in [7, 11) is 0. The van der Waals surface area contributed by atoms with Gasteiger partial charge in [-0.05, 0) is 25.1 Å². The third kappa shape index (κ3) is 1.82. The molecule has 0 bridgehead atoms. The van der Waals surface area contributed by atoms with Crippen molar-refractivity contribution in [3.8, 4) is 5.75 Å². The van der Waals surface area contributed by atoms with Crippen LogP contribution in [0.2, 0.25) is 0 Å². The molecule has 0 saturated heterocycles. The molecule has 15 heavy (non-hydrogen) atoms. The molecular weight excluding hydrogens is 192 g/mol. The van der Waals surface area contributed by atoms with Gasteiger partial charge in [-0.3, -0.25) is 0 Å². The van der Waals surface area contributed by atoms with E-state index in [0.717, 1.165) is 10.9 Å². The van der Waals surface area contributed by atoms with Gasteiger partial charge < -0.3 is 20.9 Å². The third-order valence-corrected chi connectivity index (χ3v) is 2.44. The SMILES string of the molecule is CC(N)C(O)c1cc2ccc(O)cc2[nH]1. The highest BCUT2D eigenvalue weighted by atomic mass is 16.3. The average molecular weight is 206 g/mol. The number of hydrogen-bond acceptors (Lipinski definition) is 3. The van der Waals surface area contributed by atoms with E-state index >= 15 is 0 Å². The predicted octanol–water partition coefficient (Wildman–Crippen LogP) is 1.25. The van der Waals surface area contributed by atoms with Gasteiger partial charge in [-0.25, -0.2) is 0 Å². The molecule has 0 aliphatic heterocycles. The third-order valence-electron chi connectivity index (χ3n) is 2.44. The van der Waals surface area contributed by atoms with Gasteiger partial charge in [0, 0.05) is 28.7 Å². The number of nitrogens with one attached hydrogen (secondary N) is 1. The Kier molecular flexibility index (Phi) is 2.38. The minimum absolute atomic E-state index is 0.200. The summed E-state index contributed by atoms with van der Waals surface area (Å²) in [4.78, 5) is 3.03. The van der Waals surface area contributed by atoms with Crippen molar-refractivity contribution < 1.29 is 10.2 Å². The first kappa shape index (κ1) is 10.0. The number of aliphatic hydroxyl groups is 1. The van der Waals surface area contributed by atoms with E-state index in [0.29, 0.717) is 5.69 Å². The molecule has 5 N–H and O–H groups in total. The minimum atomic E-state index is -0.709. The van der Waals surface area contributed by atoms with Crippen molar-refractivity contribution in [1.82, 2.24) is 4.98 Å². The van der Waals surface area contributed by atoms with E-state index in [1.165, 1.54) is 0 Å². The Morgan fingerprint density at radius 3 is 2.73 bits per heavy atom. The number of aromatic hydroxyl groups is 1. The van der Waals surface area contributed by atoms with Crippen molar-refractivity contribution in [3.05, 3.63) is 30.0 Å². The fourth-order valence-corrected chi connectivity index (χ4v) is 1.58. The second kappa shape index (κ2) is 3.56. The number of aromatic nitrogens is 1. The number of aliphatic hydroxyl groups excluding tert-OH is 1. The van der Waals surface area contributed by atoms with Crippen LogP contribution in [0.5, 0.6) is 5.75 Å². The topological polar surface area (TPSA) is 82.3 Å². The number of H-pyrrole nitrogens is 1. The van der Waals surface area contributed by atoms with E-state index < -0.39 is 6.10 Å². The zero-order valence-corrected chi connectivity index (χ0v) is 8.44. The molecule has 0 fully saturated rings. The molecular formula is C11H14N2O2. The Labute approximate surface area is 87.3 Å². The lowest BCUT2D eigenvalue weighted by Crippen LogP contribution is -2.24. The van der Waals surface area contributed by atoms with Crippen molar-refractivity contribution in [2.75, 3.05) is 0 Å². The van der Waals surface area contributed by atoms with Crippen LogP contribution < -0.4 is 5.73 Å².